The van der Waals surface area contributed by atoms with E-state index in [1.807, 2.05) is 0 Å². The van der Waals surface area contributed by atoms with Gasteiger partial charge in [-0.3, -0.25) is 14.3 Å². The van der Waals surface area contributed by atoms with Crippen molar-refractivity contribution in [3.05, 3.63) is 32.1 Å². The zero-order valence-electron chi connectivity index (χ0n) is 6.92. The summed E-state index contributed by atoms with van der Waals surface area (Å²) in [5, 5.41) is 0.0108. The van der Waals surface area contributed by atoms with Gasteiger partial charge in [0.2, 0.25) is 0 Å². The summed E-state index contributed by atoms with van der Waals surface area (Å²) in [6, 6.07) is 0. The molecule has 0 radical (unpaired) electrons. The molecule has 6 heteroatoms. The number of aromatic amines is 1. The molecule has 0 aliphatic carbocycles. The fourth-order valence-electron chi connectivity index (χ4n) is 0.910. The van der Waals surface area contributed by atoms with E-state index in [-0.39, 0.29) is 5.02 Å². The Bertz CT molecular complexity index is 395. The molecule has 0 aromatic carbocycles. The summed E-state index contributed by atoms with van der Waals surface area (Å²) >= 11 is 5.53. The molecule has 0 amide bonds. The summed E-state index contributed by atoms with van der Waals surface area (Å²) in [4.78, 5) is 24.0. The van der Waals surface area contributed by atoms with E-state index in [9.17, 15) is 9.59 Å². The third-order valence-electron chi connectivity index (χ3n) is 1.57. The average Bonchev–Trinajstić information content (AvgIpc) is 2.09. The van der Waals surface area contributed by atoms with Gasteiger partial charge in [-0.05, 0) is 13.0 Å². The van der Waals surface area contributed by atoms with Gasteiger partial charge < -0.3 is 5.73 Å². The fraction of sp³-hybridized carbons (Fsp3) is 0.429. The number of aromatic nitrogens is 2. The van der Waals surface area contributed by atoms with Crippen molar-refractivity contribution in [3.63, 3.8) is 0 Å². The van der Waals surface area contributed by atoms with E-state index >= 15 is 0 Å². The van der Waals surface area contributed by atoms with Gasteiger partial charge in [-0.1, -0.05) is 11.6 Å². The van der Waals surface area contributed by atoms with Crippen LogP contribution < -0.4 is 17.0 Å². The molecule has 1 aromatic rings. The van der Waals surface area contributed by atoms with E-state index in [0.29, 0.717) is 19.5 Å². The molecule has 72 valence electrons. The summed E-state index contributed by atoms with van der Waals surface area (Å²) < 4.78 is 1.33. The number of nitrogens with one attached hydrogen (secondary N) is 1. The molecule has 3 N–H and O–H groups in total. The number of hydrogen-bond acceptors (Lipinski definition) is 3. The summed E-state index contributed by atoms with van der Waals surface area (Å²) in [6.07, 6.45) is 1.99. The van der Waals surface area contributed by atoms with E-state index in [4.69, 9.17) is 17.3 Å². The van der Waals surface area contributed by atoms with Crippen molar-refractivity contribution in [1.82, 2.24) is 9.55 Å². The molecule has 0 fully saturated rings. The molecule has 0 saturated heterocycles. The van der Waals surface area contributed by atoms with E-state index in [1.54, 1.807) is 0 Å². The van der Waals surface area contributed by atoms with Crippen LogP contribution in [-0.4, -0.2) is 16.1 Å². The minimum Gasteiger partial charge on any atom is -0.330 e. The number of halogens is 1. The van der Waals surface area contributed by atoms with Crippen LogP contribution in [0.25, 0.3) is 0 Å². The van der Waals surface area contributed by atoms with Crippen LogP contribution in [0, 0.1) is 0 Å². The molecular weight excluding hydrogens is 194 g/mol. The van der Waals surface area contributed by atoms with Crippen molar-refractivity contribution in [2.45, 2.75) is 13.0 Å². The van der Waals surface area contributed by atoms with E-state index in [1.165, 1.54) is 10.8 Å². The maximum absolute atomic E-state index is 11.1. The highest BCUT2D eigenvalue weighted by Gasteiger charge is 2.00. The number of nitrogens with zero attached hydrogens (tertiary/aromatic N) is 1. The lowest BCUT2D eigenvalue weighted by molar-refractivity contribution is 0.611. The standard InChI is InChI=1S/C7H10ClN3O2/c8-5-4-11(3-1-2-9)7(13)10-6(5)12/h4H,1-3,9H2,(H,10,12,13). The maximum Gasteiger partial charge on any atom is 0.328 e. The predicted octanol–water partition coefficient (Wildman–Crippen LogP) is -0.461. The highest BCUT2D eigenvalue weighted by molar-refractivity contribution is 6.30. The van der Waals surface area contributed by atoms with Crippen molar-refractivity contribution in [3.8, 4) is 0 Å². The molecule has 13 heavy (non-hydrogen) atoms. The Hall–Kier alpha value is -1.07. The number of hydrogen-bond donors (Lipinski definition) is 2. The predicted molar refractivity (Wildman–Crippen MR) is 50.0 cm³/mol. The van der Waals surface area contributed by atoms with Crippen molar-refractivity contribution < 1.29 is 0 Å². The first-order valence-corrected chi connectivity index (χ1v) is 4.22. The monoisotopic (exact) mass is 203 g/mol. The lowest BCUT2D eigenvalue weighted by atomic mass is 10.4. The molecule has 1 heterocycles. The molecule has 1 rings (SSSR count). The van der Waals surface area contributed by atoms with Gasteiger partial charge in [0.1, 0.15) is 5.02 Å². The Morgan fingerprint density at radius 3 is 2.85 bits per heavy atom. The first kappa shape index (κ1) is 10.0. The Morgan fingerprint density at radius 1 is 1.54 bits per heavy atom. The molecule has 0 unspecified atom stereocenters. The van der Waals surface area contributed by atoms with E-state index < -0.39 is 11.2 Å². The van der Waals surface area contributed by atoms with Crippen molar-refractivity contribution in [2.75, 3.05) is 6.54 Å². The number of H-pyrrole nitrogens is 1. The van der Waals surface area contributed by atoms with Gasteiger partial charge in [0.25, 0.3) is 5.56 Å². The first-order chi connectivity index (χ1) is 6.15. The molecular formula is C7H10ClN3O2. The Balaban J connectivity index is 3.02. The highest BCUT2D eigenvalue weighted by Crippen LogP contribution is 1.95. The minimum absolute atomic E-state index is 0.0108. The number of nitrogens with two attached hydrogens (primary N) is 1. The summed E-state index contributed by atoms with van der Waals surface area (Å²) in [5.41, 5.74) is 4.26. The smallest absolute Gasteiger partial charge is 0.328 e. The zero-order chi connectivity index (χ0) is 9.84. The molecule has 0 aliphatic rings. The number of rotatable bonds is 3. The topological polar surface area (TPSA) is 80.9 Å². The third kappa shape index (κ3) is 2.43. The van der Waals surface area contributed by atoms with Crippen LogP contribution in [0.3, 0.4) is 0 Å². The summed E-state index contributed by atoms with van der Waals surface area (Å²) in [5.74, 6) is 0. The zero-order valence-corrected chi connectivity index (χ0v) is 7.67. The van der Waals surface area contributed by atoms with Gasteiger partial charge in [0.15, 0.2) is 0 Å². The number of aryl methyl sites for hydroxylation is 1. The van der Waals surface area contributed by atoms with Gasteiger partial charge in [-0.25, -0.2) is 4.79 Å². The largest absolute Gasteiger partial charge is 0.330 e. The van der Waals surface area contributed by atoms with Crippen LogP contribution in [0.4, 0.5) is 0 Å². The first-order valence-electron chi connectivity index (χ1n) is 3.84. The average molecular weight is 204 g/mol. The lowest BCUT2D eigenvalue weighted by Gasteiger charge is -2.02. The maximum atomic E-state index is 11.1. The van der Waals surface area contributed by atoms with Crippen molar-refractivity contribution in [1.29, 1.82) is 0 Å². The van der Waals surface area contributed by atoms with Crippen molar-refractivity contribution >= 4 is 11.6 Å². The Kier molecular flexibility index (Phi) is 3.27. The van der Waals surface area contributed by atoms with Gasteiger partial charge in [0, 0.05) is 12.7 Å². The van der Waals surface area contributed by atoms with Crippen LogP contribution in [-0.2, 0) is 6.54 Å². The van der Waals surface area contributed by atoms with E-state index in [2.05, 4.69) is 4.98 Å². The van der Waals surface area contributed by atoms with E-state index in [0.717, 1.165) is 0 Å². The molecule has 0 atom stereocenters. The molecule has 1 aromatic heterocycles. The summed E-state index contributed by atoms with van der Waals surface area (Å²) in [6.45, 7) is 0.953. The Morgan fingerprint density at radius 2 is 2.23 bits per heavy atom. The van der Waals surface area contributed by atoms with Gasteiger partial charge >= 0.3 is 5.69 Å². The molecule has 0 spiro atoms. The second kappa shape index (κ2) is 4.25. The molecule has 5 nitrogen and oxygen atoms in total. The molecule has 0 saturated carbocycles. The second-order valence-electron chi connectivity index (χ2n) is 2.57. The van der Waals surface area contributed by atoms with Crippen LogP contribution >= 0.6 is 11.6 Å². The van der Waals surface area contributed by atoms with Gasteiger partial charge in [0.05, 0.1) is 0 Å². The quantitative estimate of drug-likeness (QED) is 0.698. The van der Waals surface area contributed by atoms with Crippen LogP contribution in [0.2, 0.25) is 5.02 Å². The molecule has 0 aliphatic heterocycles. The second-order valence-corrected chi connectivity index (χ2v) is 2.98. The minimum atomic E-state index is -0.560. The molecule has 0 bridgehead atoms. The van der Waals surface area contributed by atoms with Crippen LogP contribution in [0.5, 0.6) is 0 Å². The normalized spacial score (nSPS) is 10.3. The van der Waals surface area contributed by atoms with Crippen LogP contribution in [0.15, 0.2) is 15.8 Å². The SMILES string of the molecule is NCCCn1cc(Cl)c(=O)[nH]c1=O. The third-order valence-corrected chi connectivity index (χ3v) is 1.84. The van der Waals surface area contributed by atoms with Gasteiger partial charge in [-0.15, -0.1) is 0 Å². The highest BCUT2D eigenvalue weighted by atomic mass is 35.5. The van der Waals surface area contributed by atoms with Crippen LogP contribution in [0.1, 0.15) is 6.42 Å². The van der Waals surface area contributed by atoms with Crippen molar-refractivity contribution in [2.24, 2.45) is 5.73 Å². The fourth-order valence-corrected chi connectivity index (χ4v) is 1.08. The Labute approximate surface area is 79.1 Å². The lowest BCUT2D eigenvalue weighted by Crippen LogP contribution is -2.30. The van der Waals surface area contributed by atoms with Gasteiger partial charge in [-0.2, -0.15) is 0 Å². The summed E-state index contributed by atoms with van der Waals surface area (Å²) in [7, 11) is 0.